The number of hydrogen-bond donors (Lipinski definition) is 1. The van der Waals surface area contributed by atoms with Crippen LogP contribution in [0.3, 0.4) is 0 Å². The Morgan fingerprint density at radius 1 is 1.07 bits per heavy atom. The van der Waals surface area contributed by atoms with Gasteiger partial charge in [-0.2, -0.15) is 0 Å². The molecule has 2 amide bonds. The Morgan fingerprint density at radius 2 is 1.83 bits per heavy atom. The molecular formula is C30H29Cl2N3O5S. The molecule has 1 aromatic heterocycles. The first-order valence-corrected chi connectivity index (χ1v) is 15.2. The van der Waals surface area contributed by atoms with E-state index in [9.17, 15) is 18.0 Å². The molecule has 41 heavy (non-hydrogen) atoms. The lowest BCUT2D eigenvalue weighted by molar-refractivity contribution is -0.129. The Morgan fingerprint density at radius 3 is 2.51 bits per heavy atom. The molecule has 1 N–H and O–H groups in total. The molecule has 3 aromatic carbocycles. The van der Waals surface area contributed by atoms with E-state index in [0.717, 1.165) is 40.6 Å². The van der Waals surface area contributed by atoms with Gasteiger partial charge in [0, 0.05) is 55.0 Å². The summed E-state index contributed by atoms with van der Waals surface area (Å²) in [6.07, 6.45) is 1.91. The van der Waals surface area contributed by atoms with E-state index in [4.69, 9.17) is 27.9 Å². The number of likely N-dealkylation sites (tertiary alicyclic amines) is 1. The van der Waals surface area contributed by atoms with Gasteiger partial charge in [0.2, 0.25) is 5.91 Å². The van der Waals surface area contributed by atoms with Crippen molar-refractivity contribution in [3.05, 3.63) is 93.1 Å². The summed E-state index contributed by atoms with van der Waals surface area (Å²) in [5.41, 5.74) is 3.79. The van der Waals surface area contributed by atoms with E-state index < -0.39 is 15.9 Å². The second-order valence-electron chi connectivity index (χ2n) is 10.2. The Labute approximate surface area is 248 Å². The van der Waals surface area contributed by atoms with Crippen molar-refractivity contribution < 1.29 is 22.7 Å². The van der Waals surface area contributed by atoms with Crippen LogP contribution in [0.5, 0.6) is 5.75 Å². The van der Waals surface area contributed by atoms with Gasteiger partial charge in [0.05, 0.1) is 12.1 Å². The van der Waals surface area contributed by atoms with Gasteiger partial charge < -0.3 is 14.2 Å². The summed E-state index contributed by atoms with van der Waals surface area (Å²) in [4.78, 5) is 27.0. The topological polar surface area (TPSA) is 97.7 Å². The highest BCUT2D eigenvalue weighted by Crippen LogP contribution is 2.35. The Hall–Kier alpha value is -3.53. The number of halogens is 2. The number of nitrogens with zero attached hydrogens (tertiary/aromatic N) is 2. The summed E-state index contributed by atoms with van der Waals surface area (Å²) in [6.45, 7) is 0.772. The maximum atomic E-state index is 12.9. The molecule has 5 rings (SSSR count). The number of sulfonamides is 1. The standard InChI is InChI=1S/C30H29Cl2N3O5S/c1-34-13-12-21(30(34)37)14-18-8-11-25-22(15-18)23(28(32)35(25)2)16-19-9-10-20(17-26(19)40-3)29(36)33-41(38,39)27-7-5-4-6-24(27)31/h4-11,15,17,21H,12-14,16H2,1-3H3,(H,33,36). The lowest BCUT2D eigenvalue weighted by atomic mass is 9.95. The van der Waals surface area contributed by atoms with Crippen LogP contribution >= 0.6 is 23.2 Å². The molecule has 0 aliphatic carbocycles. The Kier molecular flexibility index (Phi) is 8.05. The van der Waals surface area contributed by atoms with E-state index in [1.807, 2.05) is 30.8 Å². The molecule has 1 saturated heterocycles. The number of hydrogen-bond acceptors (Lipinski definition) is 5. The third-order valence-electron chi connectivity index (χ3n) is 7.58. The van der Waals surface area contributed by atoms with Crippen molar-refractivity contribution in [1.82, 2.24) is 14.2 Å². The highest BCUT2D eigenvalue weighted by atomic mass is 35.5. The number of amides is 2. The number of fused-ring (bicyclic) bond motifs is 1. The largest absolute Gasteiger partial charge is 0.496 e. The van der Waals surface area contributed by atoms with Crippen molar-refractivity contribution in [2.45, 2.75) is 24.2 Å². The average Bonchev–Trinajstić information content (AvgIpc) is 3.38. The molecule has 1 aliphatic heterocycles. The number of benzene rings is 3. The summed E-state index contributed by atoms with van der Waals surface area (Å²) < 4.78 is 35.1. The van der Waals surface area contributed by atoms with Gasteiger partial charge in [0.1, 0.15) is 15.8 Å². The summed E-state index contributed by atoms with van der Waals surface area (Å²) >= 11 is 12.8. The Balaban J connectivity index is 1.42. The SMILES string of the molecule is COc1cc(C(=O)NS(=O)(=O)c2ccccc2Cl)ccc1Cc1c(Cl)n(C)c2ccc(CC3CCN(C)C3=O)cc12. The molecule has 0 bridgehead atoms. The van der Waals surface area contributed by atoms with Crippen molar-refractivity contribution in [1.29, 1.82) is 0 Å². The summed E-state index contributed by atoms with van der Waals surface area (Å²) in [5, 5.41) is 1.56. The highest BCUT2D eigenvalue weighted by Gasteiger charge is 2.29. The van der Waals surface area contributed by atoms with Crippen molar-refractivity contribution in [3.63, 3.8) is 0 Å². The predicted octanol–water partition coefficient (Wildman–Crippen LogP) is 5.22. The van der Waals surface area contributed by atoms with Crippen LogP contribution in [0.2, 0.25) is 10.2 Å². The summed E-state index contributed by atoms with van der Waals surface area (Å²) in [6, 6.07) is 16.8. The normalized spacial score (nSPS) is 15.5. The summed E-state index contributed by atoms with van der Waals surface area (Å²) in [7, 11) is 1.04. The van der Waals surface area contributed by atoms with Crippen LogP contribution in [0.4, 0.5) is 0 Å². The van der Waals surface area contributed by atoms with Gasteiger partial charge in [-0.25, -0.2) is 13.1 Å². The van der Waals surface area contributed by atoms with Crippen molar-refractivity contribution in [2.24, 2.45) is 13.0 Å². The molecule has 1 fully saturated rings. The monoisotopic (exact) mass is 613 g/mol. The Bertz CT molecular complexity index is 1780. The molecule has 2 heterocycles. The number of aryl methyl sites for hydroxylation is 1. The minimum atomic E-state index is -4.18. The molecule has 11 heteroatoms. The zero-order valence-electron chi connectivity index (χ0n) is 22.8. The maximum absolute atomic E-state index is 12.9. The predicted molar refractivity (Wildman–Crippen MR) is 159 cm³/mol. The quantitative estimate of drug-likeness (QED) is 0.294. The molecular weight excluding hydrogens is 585 g/mol. The molecule has 0 radical (unpaired) electrons. The maximum Gasteiger partial charge on any atom is 0.265 e. The van der Waals surface area contributed by atoms with Crippen LogP contribution in [-0.4, -0.2) is 50.4 Å². The number of rotatable bonds is 8. The first-order valence-electron chi connectivity index (χ1n) is 13.0. The number of aromatic nitrogens is 1. The molecule has 0 spiro atoms. The highest BCUT2D eigenvalue weighted by molar-refractivity contribution is 7.90. The first-order chi connectivity index (χ1) is 19.5. The van der Waals surface area contributed by atoms with Crippen molar-refractivity contribution in [2.75, 3.05) is 20.7 Å². The van der Waals surface area contributed by atoms with Gasteiger partial charge >= 0.3 is 0 Å². The number of ether oxygens (including phenoxy) is 1. The first kappa shape index (κ1) is 29.0. The van der Waals surface area contributed by atoms with Crippen LogP contribution in [0.25, 0.3) is 10.9 Å². The smallest absolute Gasteiger partial charge is 0.265 e. The molecule has 1 aliphatic rings. The van der Waals surface area contributed by atoms with E-state index in [1.54, 1.807) is 23.1 Å². The number of carbonyl (C=O) groups is 2. The van der Waals surface area contributed by atoms with E-state index >= 15 is 0 Å². The van der Waals surface area contributed by atoms with E-state index in [1.165, 1.54) is 31.4 Å². The number of carbonyl (C=O) groups excluding carboxylic acids is 2. The van der Waals surface area contributed by atoms with Crippen LogP contribution in [-0.2, 0) is 34.7 Å². The van der Waals surface area contributed by atoms with Gasteiger partial charge in [-0.05, 0) is 60.4 Å². The third kappa shape index (κ3) is 5.66. The van der Waals surface area contributed by atoms with Crippen LogP contribution in [0.1, 0.15) is 33.5 Å². The second-order valence-corrected chi connectivity index (χ2v) is 12.6. The van der Waals surface area contributed by atoms with E-state index in [0.29, 0.717) is 23.7 Å². The molecule has 4 aromatic rings. The fourth-order valence-corrected chi connectivity index (χ4v) is 7.08. The van der Waals surface area contributed by atoms with Gasteiger partial charge in [-0.3, -0.25) is 9.59 Å². The third-order valence-corrected chi connectivity index (χ3v) is 9.89. The fraction of sp³-hybridized carbons (Fsp3) is 0.267. The van der Waals surface area contributed by atoms with E-state index in [-0.39, 0.29) is 27.3 Å². The lowest BCUT2D eigenvalue weighted by Gasteiger charge is -2.13. The molecule has 1 atom stereocenters. The molecule has 0 saturated carbocycles. The molecule has 214 valence electrons. The second kappa shape index (κ2) is 11.4. The van der Waals surface area contributed by atoms with Crippen molar-refractivity contribution >= 4 is 55.9 Å². The average molecular weight is 615 g/mol. The van der Waals surface area contributed by atoms with Gasteiger partial charge in [-0.15, -0.1) is 0 Å². The fourth-order valence-electron chi connectivity index (χ4n) is 5.32. The zero-order valence-corrected chi connectivity index (χ0v) is 25.1. The van der Waals surface area contributed by atoms with Gasteiger partial charge in [0.15, 0.2) is 0 Å². The van der Waals surface area contributed by atoms with Crippen molar-refractivity contribution in [3.8, 4) is 5.75 Å². The number of nitrogens with one attached hydrogen (secondary N) is 1. The van der Waals surface area contributed by atoms with Gasteiger partial charge in [0.25, 0.3) is 15.9 Å². The van der Waals surface area contributed by atoms with Crippen LogP contribution in [0.15, 0.2) is 65.6 Å². The molecule has 8 nitrogen and oxygen atoms in total. The number of methoxy groups -OCH3 is 1. The minimum absolute atomic E-state index is 0.0121. The van der Waals surface area contributed by atoms with E-state index in [2.05, 4.69) is 10.8 Å². The van der Waals surface area contributed by atoms with Gasteiger partial charge in [-0.1, -0.05) is 47.5 Å². The zero-order chi connectivity index (χ0) is 29.5. The molecule has 1 unspecified atom stereocenters. The van der Waals surface area contributed by atoms with Crippen LogP contribution in [0, 0.1) is 5.92 Å². The van der Waals surface area contributed by atoms with Crippen LogP contribution < -0.4 is 9.46 Å². The lowest BCUT2D eigenvalue weighted by Crippen LogP contribution is -2.30. The minimum Gasteiger partial charge on any atom is -0.496 e. The summed E-state index contributed by atoms with van der Waals surface area (Å²) in [5.74, 6) is -0.253.